The van der Waals surface area contributed by atoms with Crippen LogP contribution in [0.3, 0.4) is 0 Å². The number of carbonyl (C=O) groups excluding carboxylic acids is 1. The van der Waals surface area contributed by atoms with Crippen LogP contribution in [0.25, 0.3) is 0 Å². The largest absolute Gasteiger partial charge is 0.480 e. The summed E-state index contributed by atoms with van der Waals surface area (Å²) in [6, 6.07) is 0.179. The van der Waals surface area contributed by atoms with E-state index in [1.165, 1.54) is 0 Å². The first kappa shape index (κ1) is 10.3. The molecule has 0 radical (unpaired) electrons. The Morgan fingerprint density at radius 2 is 2.21 bits per heavy atom. The highest BCUT2D eigenvalue weighted by molar-refractivity contribution is 6.10. The van der Waals surface area contributed by atoms with Gasteiger partial charge in [0.25, 0.3) is 0 Å². The number of hydrogen-bond acceptors (Lipinski definition) is 4. The molecule has 3 N–H and O–H groups in total. The Kier molecular flexibility index (Phi) is 2.88. The molecule has 0 amide bonds. The second-order valence-corrected chi connectivity index (χ2v) is 2.54. The third-order valence-corrected chi connectivity index (χ3v) is 1.52. The van der Waals surface area contributed by atoms with Crippen LogP contribution in [-0.4, -0.2) is 27.9 Å². The lowest BCUT2D eigenvalue weighted by Crippen LogP contribution is -2.38. The second kappa shape index (κ2) is 3.93. The summed E-state index contributed by atoms with van der Waals surface area (Å²) in [5.41, 5.74) is 4.74. The van der Waals surface area contributed by atoms with Gasteiger partial charge < -0.3 is 10.8 Å². The molecule has 5 nitrogen and oxygen atoms in total. The van der Waals surface area contributed by atoms with Crippen molar-refractivity contribution in [3.63, 3.8) is 0 Å². The summed E-state index contributed by atoms with van der Waals surface area (Å²) in [4.78, 5) is 25.0. The Labute approximate surface area is 78.4 Å². The first-order valence-electron chi connectivity index (χ1n) is 3.66. The average molecular weight is 197 g/mol. The van der Waals surface area contributed by atoms with Crippen LogP contribution in [0.4, 0.5) is 4.39 Å². The lowest BCUT2D eigenvalue weighted by Gasteiger charge is -2.03. The molecule has 0 aromatic carbocycles. The topological polar surface area (TPSA) is 93.3 Å². The van der Waals surface area contributed by atoms with Crippen LogP contribution in [0, 0.1) is 5.82 Å². The zero-order valence-electron chi connectivity index (χ0n) is 6.98. The van der Waals surface area contributed by atoms with E-state index in [4.69, 9.17) is 10.8 Å². The number of nitrogens with two attached hydrogens (primary N) is 1. The molecule has 1 aromatic heterocycles. The van der Waals surface area contributed by atoms with Gasteiger partial charge in [0, 0.05) is 12.3 Å². The molecule has 1 atom stereocenters. The Balaban J connectivity index is 2.95. The summed E-state index contributed by atoms with van der Waals surface area (Å²) in [5, 5.41) is 8.42. The maximum absolute atomic E-state index is 12.6. The highest BCUT2D eigenvalue weighted by Crippen LogP contribution is 2.02. The summed E-state index contributed by atoms with van der Waals surface area (Å²) in [6.07, 6.45) is 1.07. The second-order valence-electron chi connectivity index (χ2n) is 2.54. The Hall–Kier alpha value is -1.82. The first-order valence-corrected chi connectivity index (χ1v) is 3.66. The van der Waals surface area contributed by atoms with Crippen molar-refractivity contribution < 1.29 is 19.1 Å². The monoisotopic (exact) mass is 197 g/mol. The van der Waals surface area contributed by atoms with E-state index in [0.717, 1.165) is 18.3 Å². The number of Topliss-reactive ketones (excluding diaryl/α,β-unsaturated/α-hetero) is 1. The molecular weight excluding hydrogens is 190 g/mol. The van der Waals surface area contributed by atoms with Crippen LogP contribution < -0.4 is 5.73 Å². The molecule has 1 unspecified atom stereocenters. The van der Waals surface area contributed by atoms with Gasteiger partial charge in [-0.25, -0.2) is 4.39 Å². The minimum absolute atomic E-state index is 0.292. The zero-order valence-corrected chi connectivity index (χ0v) is 6.98. The normalized spacial score (nSPS) is 12.1. The number of ketones is 1. The Morgan fingerprint density at radius 1 is 1.57 bits per heavy atom. The Bertz CT molecular complexity index is 381. The molecule has 0 fully saturated rings. The van der Waals surface area contributed by atoms with Crippen molar-refractivity contribution >= 4 is 11.8 Å². The average Bonchev–Trinajstić information content (AvgIpc) is 2.15. The number of hydrogen-bond donors (Lipinski definition) is 2. The van der Waals surface area contributed by atoms with Gasteiger partial charge in [-0.2, -0.15) is 0 Å². The van der Waals surface area contributed by atoms with Gasteiger partial charge >= 0.3 is 5.97 Å². The Morgan fingerprint density at radius 3 is 2.71 bits per heavy atom. The fraction of sp³-hybridized carbons (Fsp3) is 0.125. The fourth-order valence-electron chi connectivity index (χ4n) is 0.811. The van der Waals surface area contributed by atoms with Gasteiger partial charge in [0.1, 0.15) is 11.5 Å². The molecule has 1 heterocycles. The number of halogens is 1. The van der Waals surface area contributed by atoms with E-state index in [-0.39, 0.29) is 5.69 Å². The van der Waals surface area contributed by atoms with Crippen molar-refractivity contribution in [3.8, 4) is 0 Å². The maximum atomic E-state index is 12.6. The quantitative estimate of drug-likeness (QED) is 0.517. The van der Waals surface area contributed by atoms with Crippen LogP contribution >= 0.6 is 0 Å². The van der Waals surface area contributed by atoms with Crippen molar-refractivity contribution in [2.45, 2.75) is 6.04 Å². The molecule has 0 aliphatic carbocycles. The number of carboxylic acids is 1. The van der Waals surface area contributed by atoms with E-state index in [2.05, 4.69) is 4.98 Å². The summed E-state index contributed by atoms with van der Waals surface area (Å²) < 4.78 is 12.6. The minimum Gasteiger partial charge on any atom is -0.480 e. The SMILES string of the molecule is NC(C(=O)O)C(=O)c1cc([18F])ccn1. The number of pyridine rings is 1. The van der Waals surface area contributed by atoms with E-state index in [0.29, 0.717) is 0 Å². The summed E-state index contributed by atoms with van der Waals surface area (Å²) in [6.45, 7) is 0. The summed E-state index contributed by atoms with van der Waals surface area (Å²) in [5.74, 6) is -3.06. The zero-order chi connectivity index (χ0) is 10.7. The standard InChI is InChI=1S/C8H7FN2O3/c9-4-1-2-11-5(3-4)7(12)6(10)8(13)14/h1-3,6H,10H2,(H,13,14)/i9-1. The molecule has 0 aliphatic heterocycles. The number of carbonyl (C=O) groups is 2. The van der Waals surface area contributed by atoms with Gasteiger partial charge in [-0.15, -0.1) is 0 Å². The predicted octanol–water partition coefficient (Wildman–Crippen LogP) is -0.185. The third-order valence-electron chi connectivity index (χ3n) is 1.52. The van der Waals surface area contributed by atoms with Crippen LogP contribution in [-0.2, 0) is 4.79 Å². The summed E-state index contributed by atoms with van der Waals surface area (Å²) in [7, 11) is 0. The van der Waals surface area contributed by atoms with Gasteiger partial charge in [-0.1, -0.05) is 0 Å². The van der Waals surface area contributed by atoms with Crippen molar-refractivity contribution in [2.24, 2.45) is 5.73 Å². The number of nitrogens with zero attached hydrogens (tertiary/aromatic N) is 1. The summed E-state index contributed by atoms with van der Waals surface area (Å²) >= 11 is 0. The number of rotatable bonds is 3. The van der Waals surface area contributed by atoms with Gasteiger partial charge in [-0.3, -0.25) is 14.6 Å². The molecule has 74 valence electrons. The lowest BCUT2D eigenvalue weighted by molar-refractivity contribution is -0.137. The van der Waals surface area contributed by atoms with Gasteiger partial charge in [0.15, 0.2) is 6.04 Å². The first-order chi connectivity index (χ1) is 6.52. The van der Waals surface area contributed by atoms with E-state index in [1.807, 2.05) is 0 Å². The molecule has 0 aliphatic rings. The molecule has 0 saturated heterocycles. The van der Waals surface area contributed by atoms with Gasteiger partial charge in [0.2, 0.25) is 5.78 Å². The highest BCUT2D eigenvalue weighted by atomic mass is 18.2. The van der Waals surface area contributed by atoms with E-state index < -0.39 is 23.6 Å². The lowest BCUT2D eigenvalue weighted by atomic mass is 10.1. The van der Waals surface area contributed by atoms with E-state index in [9.17, 15) is 14.0 Å². The molecule has 14 heavy (non-hydrogen) atoms. The minimum atomic E-state index is -1.70. The van der Waals surface area contributed by atoms with E-state index >= 15 is 0 Å². The van der Waals surface area contributed by atoms with Crippen LogP contribution in [0.15, 0.2) is 18.3 Å². The van der Waals surface area contributed by atoms with Crippen LogP contribution in [0.2, 0.25) is 0 Å². The molecule has 0 saturated carbocycles. The van der Waals surface area contributed by atoms with Crippen molar-refractivity contribution in [1.82, 2.24) is 4.98 Å². The number of aromatic nitrogens is 1. The van der Waals surface area contributed by atoms with Crippen molar-refractivity contribution in [3.05, 3.63) is 29.8 Å². The van der Waals surface area contributed by atoms with Crippen LogP contribution in [0.5, 0.6) is 0 Å². The smallest absolute Gasteiger partial charge is 0.328 e. The van der Waals surface area contributed by atoms with Crippen molar-refractivity contribution in [2.75, 3.05) is 0 Å². The molecule has 1 aromatic rings. The molecule has 6 heteroatoms. The molecule has 0 bridgehead atoms. The molecular formula is C8H7FN2O3. The van der Waals surface area contributed by atoms with Gasteiger partial charge in [-0.05, 0) is 6.07 Å². The van der Waals surface area contributed by atoms with Gasteiger partial charge in [0.05, 0.1) is 0 Å². The van der Waals surface area contributed by atoms with E-state index in [1.54, 1.807) is 0 Å². The molecule has 0 spiro atoms. The highest BCUT2D eigenvalue weighted by Gasteiger charge is 2.23. The predicted molar refractivity (Wildman–Crippen MR) is 44.1 cm³/mol. The van der Waals surface area contributed by atoms with Crippen molar-refractivity contribution in [1.29, 1.82) is 0 Å². The number of aliphatic carboxylic acids is 1. The fourth-order valence-corrected chi connectivity index (χ4v) is 0.811. The maximum Gasteiger partial charge on any atom is 0.328 e. The van der Waals surface area contributed by atoms with Crippen LogP contribution in [0.1, 0.15) is 10.5 Å². The third kappa shape index (κ3) is 2.11. The number of carboxylic acid groups (broad SMARTS) is 1. The molecule has 1 rings (SSSR count).